The molecule has 1 aromatic heterocycles. The molecule has 0 aliphatic carbocycles. The Labute approximate surface area is 101 Å². The maximum absolute atomic E-state index is 13.5. The molecule has 1 N–H and O–H groups in total. The van der Waals surface area contributed by atoms with E-state index in [1.54, 1.807) is 6.92 Å². The third-order valence-electron chi connectivity index (χ3n) is 2.11. The number of rotatable bonds is 4. The fourth-order valence-corrected chi connectivity index (χ4v) is 1.29. The van der Waals surface area contributed by atoms with Crippen LogP contribution in [0.1, 0.15) is 22.1 Å². The fraction of sp³-hybridized carbons (Fsp3) is 0.182. The quantitative estimate of drug-likeness (QED) is 0.892. The van der Waals surface area contributed by atoms with Gasteiger partial charge in [0.1, 0.15) is 0 Å². The molecule has 0 fully saturated rings. The summed E-state index contributed by atoms with van der Waals surface area (Å²) < 4.78 is 23.3. The highest BCUT2D eigenvalue weighted by Crippen LogP contribution is 2.19. The summed E-state index contributed by atoms with van der Waals surface area (Å²) in [5.74, 6) is -1.35. The predicted octanol–water partition coefficient (Wildman–Crippen LogP) is 1.79. The number of carboxylic acids is 1. The van der Waals surface area contributed by atoms with Crippen molar-refractivity contribution in [1.29, 1.82) is 0 Å². The average molecular weight is 252 g/mol. The summed E-state index contributed by atoms with van der Waals surface area (Å²) in [6, 6.07) is 3.38. The van der Waals surface area contributed by atoms with Crippen LogP contribution in [0.25, 0.3) is 0 Å². The van der Waals surface area contributed by atoms with Crippen molar-refractivity contribution in [3.63, 3.8) is 0 Å². The van der Waals surface area contributed by atoms with Crippen molar-refractivity contribution >= 4 is 5.97 Å². The molecule has 1 aromatic carbocycles. The van der Waals surface area contributed by atoms with Gasteiger partial charge in [-0.15, -0.1) is 0 Å². The van der Waals surface area contributed by atoms with Gasteiger partial charge in [-0.05, 0) is 18.2 Å². The van der Waals surface area contributed by atoms with E-state index in [4.69, 9.17) is 14.4 Å². The lowest BCUT2D eigenvalue weighted by molar-refractivity contribution is 0.0696. The highest BCUT2D eigenvalue weighted by atomic mass is 19.1. The minimum atomic E-state index is -1.20. The Bertz CT molecular complexity index is 582. The zero-order valence-corrected chi connectivity index (χ0v) is 9.38. The Morgan fingerprint density at radius 1 is 1.56 bits per heavy atom. The molecule has 0 saturated carbocycles. The van der Waals surface area contributed by atoms with Gasteiger partial charge in [-0.3, -0.25) is 0 Å². The Hall–Kier alpha value is -2.44. The number of aryl methyl sites for hydroxylation is 1. The first-order valence-electron chi connectivity index (χ1n) is 5.01. The zero-order valence-electron chi connectivity index (χ0n) is 9.38. The number of nitrogens with zero attached hydrogens (tertiary/aromatic N) is 2. The fourth-order valence-electron chi connectivity index (χ4n) is 1.29. The molecule has 0 atom stereocenters. The van der Waals surface area contributed by atoms with E-state index in [2.05, 4.69) is 10.1 Å². The number of ether oxygens (including phenoxy) is 1. The largest absolute Gasteiger partial charge is 0.482 e. The predicted molar refractivity (Wildman–Crippen MR) is 56.7 cm³/mol. The molecule has 6 nitrogen and oxygen atoms in total. The van der Waals surface area contributed by atoms with Crippen LogP contribution in [0.4, 0.5) is 4.39 Å². The lowest BCUT2D eigenvalue weighted by atomic mass is 10.2. The van der Waals surface area contributed by atoms with E-state index in [1.165, 1.54) is 12.1 Å². The Kier molecular flexibility index (Phi) is 3.22. The Balaban J connectivity index is 2.08. The van der Waals surface area contributed by atoms with Gasteiger partial charge in [0.2, 0.25) is 11.7 Å². The second kappa shape index (κ2) is 4.82. The lowest BCUT2D eigenvalue weighted by Gasteiger charge is -2.05. The molecule has 0 amide bonds. The molecule has 7 heteroatoms. The molecular formula is C11H9FN2O4. The summed E-state index contributed by atoms with van der Waals surface area (Å²) in [6.07, 6.45) is 0. The molecule has 94 valence electrons. The molecule has 18 heavy (non-hydrogen) atoms. The second-order valence-electron chi connectivity index (χ2n) is 3.47. The maximum Gasteiger partial charge on any atom is 0.335 e. The van der Waals surface area contributed by atoms with Crippen molar-refractivity contribution in [1.82, 2.24) is 10.1 Å². The summed E-state index contributed by atoms with van der Waals surface area (Å²) in [4.78, 5) is 14.5. The van der Waals surface area contributed by atoms with E-state index in [-0.39, 0.29) is 23.7 Å². The van der Waals surface area contributed by atoms with Crippen LogP contribution < -0.4 is 4.74 Å². The molecule has 0 saturated heterocycles. The standard InChI is InChI=1S/C11H9FN2O4/c1-6-13-10(14-18-6)5-17-9-3-2-7(11(15)16)4-8(9)12/h2-4H,5H2,1H3,(H,15,16). The Morgan fingerprint density at radius 2 is 2.33 bits per heavy atom. The number of hydrogen-bond donors (Lipinski definition) is 1. The van der Waals surface area contributed by atoms with Gasteiger partial charge in [0.05, 0.1) is 5.56 Å². The molecule has 0 bridgehead atoms. The molecule has 2 aromatic rings. The molecule has 0 unspecified atom stereocenters. The van der Waals surface area contributed by atoms with Crippen LogP contribution in [0.3, 0.4) is 0 Å². The van der Waals surface area contributed by atoms with Crippen LogP contribution in [0.5, 0.6) is 5.75 Å². The van der Waals surface area contributed by atoms with Crippen LogP contribution in [-0.2, 0) is 6.61 Å². The number of benzene rings is 1. The highest BCUT2D eigenvalue weighted by molar-refractivity contribution is 5.87. The van der Waals surface area contributed by atoms with Crippen LogP contribution in [0.15, 0.2) is 22.7 Å². The first-order valence-corrected chi connectivity index (χ1v) is 5.01. The van der Waals surface area contributed by atoms with Gasteiger partial charge in [-0.25, -0.2) is 9.18 Å². The van der Waals surface area contributed by atoms with Crippen LogP contribution in [0.2, 0.25) is 0 Å². The minimum absolute atomic E-state index is 0.0549. The van der Waals surface area contributed by atoms with Crippen molar-refractivity contribution < 1.29 is 23.6 Å². The summed E-state index contributed by atoms with van der Waals surface area (Å²) in [6.45, 7) is 1.57. The molecule has 0 aliphatic rings. The van der Waals surface area contributed by atoms with Crippen molar-refractivity contribution in [2.75, 3.05) is 0 Å². The minimum Gasteiger partial charge on any atom is -0.482 e. The highest BCUT2D eigenvalue weighted by Gasteiger charge is 2.10. The first-order chi connectivity index (χ1) is 8.56. The summed E-state index contributed by atoms with van der Waals surface area (Å²) in [5, 5.41) is 12.2. The SMILES string of the molecule is Cc1nc(COc2ccc(C(=O)O)cc2F)no1. The van der Waals surface area contributed by atoms with Crippen LogP contribution in [-0.4, -0.2) is 21.2 Å². The molecular weight excluding hydrogens is 243 g/mol. The summed E-state index contributed by atoms with van der Waals surface area (Å²) >= 11 is 0. The van der Waals surface area contributed by atoms with E-state index in [1.807, 2.05) is 0 Å². The van der Waals surface area contributed by atoms with Gasteiger partial charge in [-0.1, -0.05) is 5.16 Å². The molecule has 0 spiro atoms. The number of carboxylic acid groups (broad SMARTS) is 1. The number of hydrogen-bond acceptors (Lipinski definition) is 5. The lowest BCUT2D eigenvalue weighted by Crippen LogP contribution is -2.02. The zero-order chi connectivity index (χ0) is 13.1. The smallest absolute Gasteiger partial charge is 0.335 e. The van der Waals surface area contributed by atoms with E-state index < -0.39 is 11.8 Å². The van der Waals surface area contributed by atoms with Gasteiger partial charge in [0, 0.05) is 6.92 Å². The van der Waals surface area contributed by atoms with Crippen LogP contribution >= 0.6 is 0 Å². The summed E-state index contributed by atoms with van der Waals surface area (Å²) in [5.41, 5.74) is -0.143. The monoisotopic (exact) mass is 252 g/mol. The number of halogens is 1. The van der Waals surface area contributed by atoms with E-state index in [0.29, 0.717) is 5.89 Å². The van der Waals surface area contributed by atoms with Crippen molar-refractivity contribution in [3.05, 3.63) is 41.3 Å². The van der Waals surface area contributed by atoms with Gasteiger partial charge in [-0.2, -0.15) is 4.98 Å². The van der Waals surface area contributed by atoms with E-state index in [9.17, 15) is 9.18 Å². The Morgan fingerprint density at radius 3 is 2.89 bits per heavy atom. The van der Waals surface area contributed by atoms with Crippen LogP contribution in [0, 0.1) is 12.7 Å². The van der Waals surface area contributed by atoms with Crippen molar-refractivity contribution in [3.8, 4) is 5.75 Å². The first kappa shape index (κ1) is 12.0. The van der Waals surface area contributed by atoms with E-state index >= 15 is 0 Å². The number of carbonyl (C=O) groups is 1. The maximum atomic E-state index is 13.5. The van der Waals surface area contributed by atoms with Gasteiger partial charge in [0.15, 0.2) is 18.2 Å². The second-order valence-corrected chi connectivity index (χ2v) is 3.47. The molecule has 2 rings (SSSR count). The topological polar surface area (TPSA) is 85.5 Å². The van der Waals surface area contributed by atoms with Gasteiger partial charge >= 0.3 is 5.97 Å². The van der Waals surface area contributed by atoms with Gasteiger partial charge in [0.25, 0.3) is 0 Å². The van der Waals surface area contributed by atoms with E-state index in [0.717, 1.165) is 6.07 Å². The summed E-state index contributed by atoms with van der Waals surface area (Å²) in [7, 11) is 0. The third kappa shape index (κ3) is 2.62. The number of aromatic nitrogens is 2. The van der Waals surface area contributed by atoms with Gasteiger partial charge < -0.3 is 14.4 Å². The molecule has 0 aliphatic heterocycles. The molecule has 0 radical (unpaired) electrons. The third-order valence-corrected chi connectivity index (χ3v) is 2.11. The average Bonchev–Trinajstić information content (AvgIpc) is 2.73. The molecule has 1 heterocycles. The number of aromatic carboxylic acids is 1. The normalized spacial score (nSPS) is 10.3. The van der Waals surface area contributed by atoms with Crippen molar-refractivity contribution in [2.45, 2.75) is 13.5 Å². The van der Waals surface area contributed by atoms with Crippen molar-refractivity contribution in [2.24, 2.45) is 0 Å².